The van der Waals surface area contributed by atoms with E-state index in [2.05, 4.69) is 0 Å². The van der Waals surface area contributed by atoms with Gasteiger partial charge in [0.25, 0.3) is 0 Å². The van der Waals surface area contributed by atoms with Crippen molar-refractivity contribution < 1.29 is 14.0 Å². The molecule has 0 saturated heterocycles. The molecule has 0 N–H and O–H groups in total. The molecular formula is C11H9Cl2FO2. The summed E-state index contributed by atoms with van der Waals surface area (Å²) in [5.41, 5.74) is -0.0274. The quantitative estimate of drug-likeness (QED) is 0.615. The molecule has 1 rings (SSSR count). The van der Waals surface area contributed by atoms with E-state index in [4.69, 9.17) is 23.2 Å². The number of hydrogen-bond acceptors (Lipinski definition) is 2. The highest BCUT2D eigenvalue weighted by atomic mass is 35.5. The lowest BCUT2D eigenvalue weighted by Gasteiger charge is -2.06. The van der Waals surface area contributed by atoms with Gasteiger partial charge in [-0.25, -0.2) is 4.39 Å². The predicted octanol–water partition coefficient (Wildman–Crippen LogP) is 3.49. The fourth-order valence-electron chi connectivity index (χ4n) is 1.15. The Kier molecular flexibility index (Phi) is 4.44. The summed E-state index contributed by atoms with van der Waals surface area (Å²) >= 11 is 11.4. The molecule has 0 fully saturated rings. The number of carbonyl (C=O) groups is 2. The first kappa shape index (κ1) is 13.1. The van der Waals surface area contributed by atoms with Crippen molar-refractivity contribution in [3.05, 3.63) is 33.8 Å². The minimum absolute atomic E-state index is 0.0274. The number of hydrogen-bond donors (Lipinski definition) is 0. The highest BCUT2D eigenvalue weighted by Crippen LogP contribution is 2.23. The van der Waals surface area contributed by atoms with Crippen molar-refractivity contribution in [2.45, 2.75) is 19.5 Å². The summed E-state index contributed by atoms with van der Waals surface area (Å²) in [6.07, 6.45) is -2.18. The molecule has 0 aliphatic rings. The number of Topliss-reactive ketones (excluding diaryl/α,β-unsaturated/α-hetero) is 2. The predicted molar refractivity (Wildman–Crippen MR) is 61.0 cm³/mol. The Morgan fingerprint density at radius 1 is 1.38 bits per heavy atom. The first-order valence-corrected chi connectivity index (χ1v) is 5.39. The topological polar surface area (TPSA) is 34.1 Å². The summed E-state index contributed by atoms with van der Waals surface area (Å²) in [5.74, 6) is -1.68. The lowest BCUT2D eigenvalue weighted by molar-refractivity contribution is -0.121. The largest absolute Gasteiger partial charge is 0.296 e. The second-order valence-corrected chi connectivity index (χ2v) is 4.01. The molecule has 2 nitrogen and oxygen atoms in total. The summed E-state index contributed by atoms with van der Waals surface area (Å²) in [6.45, 7) is 1.49. The first-order valence-electron chi connectivity index (χ1n) is 4.63. The molecule has 86 valence electrons. The molecule has 1 aromatic carbocycles. The number of rotatable bonds is 4. The minimum atomic E-state index is -2.15. The third-order valence-corrected chi connectivity index (χ3v) is 2.61. The second-order valence-electron chi connectivity index (χ2n) is 3.17. The Hall–Kier alpha value is -0.930. The van der Waals surface area contributed by atoms with E-state index in [1.54, 1.807) is 0 Å². The summed E-state index contributed by atoms with van der Waals surface area (Å²) < 4.78 is 13.4. The van der Waals surface area contributed by atoms with Crippen LogP contribution >= 0.6 is 23.2 Å². The Bertz CT molecular complexity index is 432. The van der Waals surface area contributed by atoms with Crippen molar-refractivity contribution in [2.24, 2.45) is 0 Å². The van der Waals surface area contributed by atoms with Crippen LogP contribution in [0.25, 0.3) is 0 Å². The molecule has 5 heteroatoms. The van der Waals surface area contributed by atoms with Gasteiger partial charge in [0.05, 0.1) is 5.02 Å². The van der Waals surface area contributed by atoms with Crippen LogP contribution in [0, 0.1) is 0 Å². The van der Waals surface area contributed by atoms with Crippen LogP contribution in [0.1, 0.15) is 23.7 Å². The monoisotopic (exact) mass is 262 g/mol. The first-order chi connectivity index (χ1) is 7.47. The molecule has 1 atom stereocenters. The number of benzene rings is 1. The zero-order valence-electron chi connectivity index (χ0n) is 8.47. The van der Waals surface area contributed by atoms with Gasteiger partial charge in [0, 0.05) is 17.0 Å². The van der Waals surface area contributed by atoms with E-state index in [0.717, 1.165) is 0 Å². The van der Waals surface area contributed by atoms with Crippen LogP contribution < -0.4 is 0 Å². The van der Waals surface area contributed by atoms with E-state index in [9.17, 15) is 14.0 Å². The standard InChI is InChI=1S/C11H9Cl2FO2/c1-2-9(15)10(14)11(16)7-4-3-6(12)5-8(7)13/h3-5,10H,2H2,1H3. The maximum atomic E-state index is 13.4. The van der Waals surface area contributed by atoms with Gasteiger partial charge in [-0.15, -0.1) is 0 Å². The van der Waals surface area contributed by atoms with E-state index in [1.807, 2.05) is 0 Å². The molecule has 16 heavy (non-hydrogen) atoms. The molecule has 0 saturated carbocycles. The van der Waals surface area contributed by atoms with Gasteiger partial charge in [-0.3, -0.25) is 9.59 Å². The smallest absolute Gasteiger partial charge is 0.220 e. The van der Waals surface area contributed by atoms with Crippen LogP contribution in [0.15, 0.2) is 18.2 Å². The molecule has 0 aliphatic heterocycles. The van der Waals surface area contributed by atoms with Gasteiger partial charge in [0.1, 0.15) is 0 Å². The van der Waals surface area contributed by atoms with Crippen LogP contribution in [0.3, 0.4) is 0 Å². The van der Waals surface area contributed by atoms with E-state index in [1.165, 1.54) is 25.1 Å². The molecule has 1 aromatic rings. The Labute approximate surface area is 102 Å². The van der Waals surface area contributed by atoms with E-state index in [-0.39, 0.29) is 17.0 Å². The summed E-state index contributed by atoms with van der Waals surface area (Å²) in [4.78, 5) is 22.6. The molecule has 0 aliphatic carbocycles. The van der Waals surface area contributed by atoms with Crippen LogP contribution in [-0.2, 0) is 4.79 Å². The Morgan fingerprint density at radius 3 is 2.50 bits per heavy atom. The molecule has 0 radical (unpaired) electrons. The SMILES string of the molecule is CCC(=O)C(F)C(=O)c1ccc(Cl)cc1Cl. The van der Waals surface area contributed by atoms with Crippen molar-refractivity contribution >= 4 is 34.8 Å². The number of alkyl halides is 1. The summed E-state index contributed by atoms with van der Waals surface area (Å²) in [6, 6.07) is 4.06. The maximum absolute atomic E-state index is 13.4. The van der Waals surface area contributed by atoms with Crippen molar-refractivity contribution in [1.82, 2.24) is 0 Å². The van der Waals surface area contributed by atoms with Crippen molar-refractivity contribution in [2.75, 3.05) is 0 Å². The van der Waals surface area contributed by atoms with Crippen LogP contribution in [0.5, 0.6) is 0 Å². The van der Waals surface area contributed by atoms with Gasteiger partial charge in [-0.1, -0.05) is 30.1 Å². The third-order valence-electron chi connectivity index (χ3n) is 2.06. The fourth-order valence-corrected chi connectivity index (χ4v) is 1.65. The molecule has 0 amide bonds. The molecule has 1 unspecified atom stereocenters. The average molecular weight is 263 g/mol. The van der Waals surface area contributed by atoms with E-state index in [0.29, 0.717) is 5.02 Å². The zero-order valence-corrected chi connectivity index (χ0v) is 9.98. The number of carbonyl (C=O) groups excluding carboxylic acids is 2. The highest BCUT2D eigenvalue weighted by Gasteiger charge is 2.27. The zero-order chi connectivity index (χ0) is 12.3. The lowest BCUT2D eigenvalue weighted by atomic mass is 10.0. The average Bonchev–Trinajstić information content (AvgIpc) is 2.26. The summed E-state index contributed by atoms with van der Waals surface area (Å²) in [5, 5.41) is 0.392. The van der Waals surface area contributed by atoms with Gasteiger partial charge in [0.2, 0.25) is 12.0 Å². The molecule has 0 bridgehead atoms. The maximum Gasteiger partial charge on any atom is 0.220 e. The second kappa shape index (κ2) is 5.41. The lowest BCUT2D eigenvalue weighted by Crippen LogP contribution is -2.25. The normalized spacial score (nSPS) is 12.2. The van der Waals surface area contributed by atoms with Crippen molar-refractivity contribution in [3.63, 3.8) is 0 Å². The van der Waals surface area contributed by atoms with Crippen LogP contribution in [0.2, 0.25) is 10.0 Å². The molecule has 0 spiro atoms. The number of ketones is 2. The fraction of sp³-hybridized carbons (Fsp3) is 0.273. The Morgan fingerprint density at radius 2 is 2.00 bits per heavy atom. The minimum Gasteiger partial charge on any atom is -0.296 e. The van der Waals surface area contributed by atoms with Gasteiger partial charge < -0.3 is 0 Å². The van der Waals surface area contributed by atoms with E-state index < -0.39 is 17.7 Å². The van der Waals surface area contributed by atoms with Crippen LogP contribution in [0.4, 0.5) is 4.39 Å². The van der Waals surface area contributed by atoms with Crippen molar-refractivity contribution in [1.29, 1.82) is 0 Å². The van der Waals surface area contributed by atoms with Gasteiger partial charge in [-0.2, -0.15) is 0 Å². The van der Waals surface area contributed by atoms with Gasteiger partial charge in [-0.05, 0) is 18.2 Å². The molecule has 0 aromatic heterocycles. The number of halogens is 3. The van der Waals surface area contributed by atoms with E-state index >= 15 is 0 Å². The van der Waals surface area contributed by atoms with Gasteiger partial charge in [0.15, 0.2) is 5.78 Å². The van der Waals surface area contributed by atoms with Crippen molar-refractivity contribution in [3.8, 4) is 0 Å². The molecule has 0 heterocycles. The van der Waals surface area contributed by atoms with Crippen LogP contribution in [-0.4, -0.2) is 17.7 Å². The Balaban J connectivity index is 3.01. The molecular weight excluding hydrogens is 254 g/mol. The highest BCUT2D eigenvalue weighted by molar-refractivity contribution is 6.37. The van der Waals surface area contributed by atoms with Gasteiger partial charge >= 0.3 is 0 Å². The summed E-state index contributed by atoms with van der Waals surface area (Å²) in [7, 11) is 0. The third kappa shape index (κ3) is 2.80.